The largest absolute Gasteiger partial charge is 0.351 e. The SMILES string of the molecule is CCc1cc(C(=O)N2CCCC2c2ccnc(=O)[nH]2)on1. The Hall–Kier alpha value is -2.44. The van der Waals surface area contributed by atoms with Gasteiger partial charge in [-0.2, -0.15) is 0 Å². The fourth-order valence-electron chi connectivity index (χ4n) is 2.63. The van der Waals surface area contributed by atoms with Gasteiger partial charge in [-0.15, -0.1) is 0 Å². The zero-order valence-electron chi connectivity index (χ0n) is 11.7. The minimum Gasteiger partial charge on any atom is -0.351 e. The number of carbonyl (C=O) groups is 1. The lowest BCUT2D eigenvalue weighted by molar-refractivity contribution is 0.0690. The lowest BCUT2D eigenvalue weighted by Crippen LogP contribution is -2.31. The first-order valence-corrected chi connectivity index (χ1v) is 7.01. The summed E-state index contributed by atoms with van der Waals surface area (Å²) in [6.45, 7) is 2.59. The van der Waals surface area contributed by atoms with Crippen LogP contribution in [0, 0.1) is 0 Å². The molecule has 0 aromatic carbocycles. The molecule has 1 unspecified atom stereocenters. The van der Waals surface area contributed by atoms with Crippen molar-refractivity contribution in [1.29, 1.82) is 0 Å². The molecule has 0 radical (unpaired) electrons. The Morgan fingerprint density at radius 3 is 3.14 bits per heavy atom. The van der Waals surface area contributed by atoms with Crippen molar-refractivity contribution < 1.29 is 9.32 Å². The summed E-state index contributed by atoms with van der Waals surface area (Å²) < 4.78 is 5.11. The molecule has 3 rings (SSSR count). The van der Waals surface area contributed by atoms with Crippen molar-refractivity contribution in [1.82, 2.24) is 20.0 Å². The van der Waals surface area contributed by atoms with Crippen molar-refractivity contribution in [2.24, 2.45) is 0 Å². The molecule has 1 fully saturated rings. The maximum atomic E-state index is 12.5. The topological polar surface area (TPSA) is 92.1 Å². The number of rotatable bonds is 3. The number of aryl methyl sites for hydroxylation is 1. The van der Waals surface area contributed by atoms with Gasteiger partial charge in [-0.3, -0.25) is 4.79 Å². The molecule has 0 aliphatic carbocycles. The van der Waals surface area contributed by atoms with Crippen LogP contribution in [0.2, 0.25) is 0 Å². The highest BCUT2D eigenvalue weighted by Gasteiger charge is 2.33. The Kier molecular flexibility index (Phi) is 3.55. The van der Waals surface area contributed by atoms with E-state index in [1.807, 2.05) is 6.92 Å². The smallest absolute Gasteiger partial charge is 0.345 e. The molecule has 0 spiro atoms. The number of likely N-dealkylation sites (tertiary alicyclic amines) is 1. The second-order valence-corrected chi connectivity index (χ2v) is 5.02. The van der Waals surface area contributed by atoms with Gasteiger partial charge in [-0.25, -0.2) is 9.78 Å². The van der Waals surface area contributed by atoms with Gasteiger partial charge < -0.3 is 14.4 Å². The second kappa shape index (κ2) is 5.51. The molecule has 3 heterocycles. The van der Waals surface area contributed by atoms with E-state index < -0.39 is 5.69 Å². The molecule has 1 amide bonds. The van der Waals surface area contributed by atoms with Gasteiger partial charge in [0, 0.05) is 24.5 Å². The van der Waals surface area contributed by atoms with Gasteiger partial charge in [0.25, 0.3) is 5.91 Å². The summed E-state index contributed by atoms with van der Waals surface area (Å²) in [5.41, 5.74) is 1.06. The molecular formula is C14H16N4O3. The summed E-state index contributed by atoms with van der Waals surface area (Å²) in [6.07, 6.45) is 3.87. The van der Waals surface area contributed by atoms with Crippen LogP contribution in [-0.2, 0) is 6.42 Å². The molecule has 7 nitrogen and oxygen atoms in total. The Morgan fingerprint density at radius 1 is 1.57 bits per heavy atom. The molecule has 0 bridgehead atoms. The van der Waals surface area contributed by atoms with Crippen LogP contribution in [0.1, 0.15) is 47.7 Å². The van der Waals surface area contributed by atoms with Crippen molar-refractivity contribution in [3.05, 3.63) is 46.0 Å². The molecule has 2 aromatic heterocycles. The summed E-state index contributed by atoms with van der Waals surface area (Å²) in [6, 6.07) is 3.26. The van der Waals surface area contributed by atoms with Crippen LogP contribution < -0.4 is 5.69 Å². The number of nitrogens with zero attached hydrogens (tertiary/aromatic N) is 3. The second-order valence-electron chi connectivity index (χ2n) is 5.02. The molecule has 1 N–H and O–H groups in total. The fraction of sp³-hybridized carbons (Fsp3) is 0.429. The van der Waals surface area contributed by atoms with Crippen LogP contribution in [0.25, 0.3) is 0 Å². The maximum Gasteiger partial charge on any atom is 0.345 e. The normalized spacial score (nSPS) is 18.1. The average Bonchev–Trinajstić information content (AvgIpc) is 3.15. The van der Waals surface area contributed by atoms with E-state index in [0.29, 0.717) is 12.2 Å². The third-order valence-corrected chi connectivity index (χ3v) is 3.70. The van der Waals surface area contributed by atoms with Crippen molar-refractivity contribution in [3.8, 4) is 0 Å². The lowest BCUT2D eigenvalue weighted by atomic mass is 10.1. The molecule has 1 atom stereocenters. The Bertz CT molecular complexity index is 706. The van der Waals surface area contributed by atoms with Crippen LogP contribution in [0.3, 0.4) is 0 Å². The monoisotopic (exact) mass is 288 g/mol. The summed E-state index contributed by atoms with van der Waals surface area (Å²) in [7, 11) is 0. The lowest BCUT2D eigenvalue weighted by Gasteiger charge is -2.23. The van der Waals surface area contributed by atoms with Crippen LogP contribution in [0.5, 0.6) is 0 Å². The van der Waals surface area contributed by atoms with Crippen LogP contribution in [0.15, 0.2) is 27.6 Å². The van der Waals surface area contributed by atoms with E-state index in [2.05, 4.69) is 15.1 Å². The highest BCUT2D eigenvalue weighted by atomic mass is 16.5. The zero-order valence-corrected chi connectivity index (χ0v) is 11.7. The van der Waals surface area contributed by atoms with Crippen LogP contribution >= 0.6 is 0 Å². The molecule has 1 aliphatic rings. The van der Waals surface area contributed by atoms with Gasteiger partial charge in [-0.1, -0.05) is 12.1 Å². The molecule has 21 heavy (non-hydrogen) atoms. The predicted molar refractivity (Wildman–Crippen MR) is 73.8 cm³/mol. The molecule has 1 saturated heterocycles. The first-order valence-electron chi connectivity index (χ1n) is 7.01. The molecule has 110 valence electrons. The number of aromatic amines is 1. The van der Waals surface area contributed by atoms with Crippen molar-refractivity contribution >= 4 is 5.91 Å². The Morgan fingerprint density at radius 2 is 2.43 bits per heavy atom. The first kappa shape index (κ1) is 13.5. The van der Waals surface area contributed by atoms with Gasteiger partial charge in [0.2, 0.25) is 5.76 Å². The van der Waals surface area contributed by atoms with E-state index in [1.54, 1.807) is 17.0 Å². The quantitative estimate of drug-likeness (QED) is 0.919. The fourth-order valence-corrected chi connectivity index (χ4v) is 2.63. The van der Waals surface area contributed by atoms with E-state index >= 15 is 0 Å². The highest BCUT2D eigenvalue weighted by Crippen LogP contribution is 2.31. The number of carbonyl (C=O) groups excluding carboxylic acids is 1. The van der Waals surface area contributed by atoms with Crippen LogP contribution in [-0.4, -0.2) is 32.5 Å². The van der Waals surface area contributed by atoms with E-state index in [1.165, 1.54) is 6.20 Å². The van der Waals surface area contributed by atoms with E-state index in [0.717, 1.165) is 25.0 Å². The predicted octanol–water partition coefficient (Wildman–Crippen LogP) is 1.30. The summed E-state index contributed by atoms with van der Waals surface area (Å²) >= 11 is 0. The average molecular weight is 288 g/mol. The molecule has 2 aromatic rings. The van der Waals surface area contributed by atoms with Gasteiger partial charge in [0.05, 0.1) is 11.7 Å². The maximum absolute atomic E-state index is 12.5. The molecular weight excluding hydrogens is 272 g/mol. The van der Waals surface area contributed by atoms with Crippen LogP contribution in [0.4, 0.5) is 0 Å². The zero-order chi connectivity index (χ0) is 14.8. The van der Waals surface area contributed by atoms with Gasteiger partial charge in [0.1, 0.15) is 0 Å². The number of aromatic nitrogens is 3. The van der Waals surface area contributed by atoms with Crippen molar-refractivity contribution in [2.45, 2.75) is 32.2 Å². The number of nitrogens with one attached hydrogen (secondary N) is 1. The van der Waals surface area contributed by atoms with E-state index in [4.69, 9.17) is 4.52 Å². The standard InChI is InChI=1S/C14H16N4O3/c1-2-9-8-12(21-17-9)13(19)18-7-3-4-11(18)10-5-6-15-14(20)16-10/h5-6,8,11H,2-4,7H2,1H3,(H,15,16,20). The first-order chi connectivity index (χ1) is 10.2. The molecule has 0 saturated carbocycles. The molecule has 7 heteroatoms. The minimum atomic E-state index is -0.403. The highest BCUT2D eigenvalue weighted by molar-refractivity contribution is 5.92. The van der Waals surface area contributed by atoms with E-state index in [-0.39, 0.29) is 17.7 Å². The Balaban J connectivity index is 1.86. The van der Waals surface area contributed by atoms with Crippen molar-refractivity contribution in [2.75, 3.05) is 6.54 Å². The number of H-pyrrole nitrogens is 1. The van der Waals surface area contributed by atoms with E-state index in [9.17, 15) is 9.59 Å². The van der Waals surface area contributed by atoms with Gasteiger partial charge >= 0.3 is 5.69 Å². The molecule has 1 aliphatic heterocycles. The Labute approximate surface area is 121 Å². The third kappa shape index (κ3) is 2.58. The van der Waals surface area contributed by atoms with Gasteiger partial charge in [-0.05, 0) is 25.3 Å². The summed E-state index contributed by atoms with van der Waals surface area (Å²) in [5.74, 6) is 0.0533. The number of hydrogen-bond acceptors (Lipinski definition) is 5. The third-order valence-electron chi connectivity index (χ3n) is 3.70. The number of amides is 1. The van der Waals surface area contributed by atoms with Gasteiger partial charge in [0.15, 0.2) is 0 Å². The minimum absolute atomic E-state index is 0.150. The summed E-state index contributed by atoms with van der Waals surface area (Å²) in [4.78, 5) is 31.9. The van der Waals surface area contributed by atoms with Crippen molar-refractivity contribution in [3.63, 3.8) is 0 Å². The summed E-state index contributed by atoms with van der Waals surface area (Å²) in [5, 5.41) is 3.85. The number of hydrogen-bond donors (Lipinski definition) is 1.